The van der Waals surface area contributed by atoms with Crippen LogP contribution < -0.4 is 10.6 Å². The lowest BCUT2D eigenvalue weighted by Crippen LogP contribution is -2.39. The number of pyridine rings is 1. The summed E-state index contributed by atoms with van der Waals surface area (Å²) in [5, 5.41) is 6.10. The van der Waals surface area contributed by atoms with Crippen LogP contribution >= 0.6 is 11.6 Å². The molecule has 2 atom stereocenters. The van der Waals surface area contributed by atoms with Crippen molar-refractivity contribution in [1.29, 1.82) is 0 Å². The van der Waals surface area contributed by atoms with E-state index in [0.29, 0.717) is 13.0 Å². The van der Waals surface area contributed by atoms with Gasteiger partial charge in [0.15, 0.2) is 11.6 Å². The monoisotopic (exact) mass is 477 g/mol. The first kappa shape index (κ1) is 25.2. The van der Waals surface area contributed by atoms with Gasteiger partial charge in [-0.3, -0.25) is 14.6 Å². The molecule has 8 heteroatoms. The Hall–Kier alpha value is -2.38. The summed E-state index contributed by atoms with van der Waals surface area (Å²) in [6.07, 6.45) is 3.88. The molecule has 2 bridgehead atoms. The molecular weight excluding hydrogens is 448 g/mol. The lowest BCUT2D eigenvalue weighted by Gasteiger charge is -2.29. The molecule has 2 heterocycles. The first-order chi connectivity index (χ1) is 15.6. The Kier molecular flexibility index (Phi) is 8.19. The summed E-state index contributed by atoms with van der Waals surface area (Å²) in [6.45, 7) is 6.79. The molecule has 0 saturated carbocycles. The first-order valence-corrected chi connectivity index (χ1v) is 11.6. The molecule has 1 aromatic heterocycles. The minimum absolute atomic E-state index is 0.0404. The van der Waals surface area contributed by atoms with E-state index in [2.05, 4.69) is 29.5 Å². The number of nitrogens with one attached hydrogen (secondary N) is 2. The molecule has 33 heavy (non-hydrogen) atoms. The highest BCUT2D eigenvalue weighted by Crippen LogP contribution is 2.28. The van der Waals surface area contributed by atoms with Gasteiger partial charge in [-0.05, 0) is 42.7 Å². The molecule has 3 rings (SSSR count). The van der Waals surface area contributed by atoms with Gasteiger partial charge in [0.1, 0.15) is 5.82 Å². The molecule has 1 aliphatic rings. The lowest BCUT2D eigenvalue weighted by atomic mass is 9.83. The maximum absolute atomic E-state index is 14.2. The Morgan fingerprint density at radius 3 is 2.79 bits per heavy atom. The molecule has 2 N–H and O–H groups in total. The molecule has 178 valence electrons. The summed E-state index contributed by atoms with van der Waals surface area (Å²) in [7, 11) is 0. The van der Waals surface area contributed by atoms with Crippen molar-refractivity contribution in [2.45, 2.75) is 57.9 Å². The van der Waals surface area contributed by atoms with Gasteiger partial charge in [0, 0.05) is 43.1 Å². The summed E-state index contributed by atoms with van der Waals surface area (Å²) < 4.78 is 28.2. The summed E-state index contributed by atoms with van der Waals surface area (Å²) in [6, 6.07) is 5.89. The summed E-state index contributed by atoms with van der Waals surface area (Å²) in [5.74, 6) is -2.67. The van der Waals surface area contributed by atoms with E-state index in [0.717, 1.165) is 36.2 Å². The Bertz CT molecular complexity index is 1030. The molecule has 0 aliphatic carbocycles. The molecule has 0 spiro atoms. The number of Topliss-reactive ketones (excluding diaryl/α,β-unsaturated/α-hetero) is 1. The average Bonchev–Trinajstić information content (AvgIpc) is 2.78. The molecule has 2 unspecified atom stereocenters. The molecule has 2 aromatic rings. The molecule has 0 fully saturated rings. The SMILES string of the molecule is CC1CCCC(NCCC(=O)c2c(F)ccc(Cl)c2F)c2cc(ccn2)C(C)(C)CNC1=O. The molecular formula is C25H30ClF2N3O2. The number of rotatable bonds is 5. The van der Waals surface area contributed by atoms with Gasteiger partial charge >= 0.3 is 0 Å². The number of carbonyl (C=O) groups excluding carboxylic acids is 2. The van der Waals surface area contributed by atoms with Gasteiger partial charge in [0.2, 0.25) is 5.91 Å². The van der Waals surface area contributed by atoms with Crippen LogP contribution in [0.3, 0.4) is 0 Å². The van der Waals surface area contributed by atoms with Crippen LogP contribution in [0.15, 0.2) is 30.5 Å². The van der Waals surface area contributed by atoms with Gasteiger partial charge in [-0.15, -0.1) is 0 Å². The number of hydrogen-bond acceptors (Lipinski definition) is 4. The van der Waals surface area contributed by atoms with Gasteiger partial charge in [-0.25, -0.2) is 8.78 Å². The Balaban J connectivity index is 1.76. The molecule has 1 aromatic carbocycles. The van der Waals surface area contributed by atoms with Crippen molar-refractivity contribution < 1.29 is 18.4 Å². The standard InChI is InChI=1S/C25H30ClF2N3O2/c1-15-5-4-6-19(20-13-16(9-11-30-20)25(2,3)14-31-24(15)33)29-12-10-21(32)22-18(27)8-7-17(26)23(22)28/h7-9,11,13,15,19,29H,4-6,10,12,14H2,1-3H3,(H,31,33). The summed E-state index contributed by atoms with van der Waals surface area (Å²) >= 11 is 5.71. The highest BCUT2D eigenvalue weighted by molar-refractivity contribution is 6.31. The largest absolute Gasteiger partial charge is 0.355 e. The maximum atomic E-state index is 14.2. The van der Waals surface area contributed by atoms with Gasteiger partial charge < -0.3 is 10.6 Å². The van der Waals surface area contributed by atoms with Crippen LogP contribution in [-0.4, -0.2) is 29.8 Å². The van der Waals surface area contributed by atoms with Gasteiger partial charge in [0.25, 0.3) is 0 Å². The molecule has 1 amide bonds. The second kappa shape index (κ2) is 10.7. The van der Waals surface area contributed by atoms with Crippen LogP contribution in [-0.2, 0) is 10.2 Å². The minimum atomic E-state index is -1.03. The topological polar surface area (TPSA) is 71.1 Å². The fourth-order valence-electron chi connectivity index (χ4n) is 4.03. The Morgan fingerprint density at radius 1 is 1.27 bits per heavy atom. The van der Waals surface area contributed by atoms with Crippen molar-refractivity contribution >= 4 is 23.3 Å². The second-order valence-electron chi connectivity index (χ2n) is 9.30. The Morgan fingerprint density at radius 2 is 2.03 bits per heavy atom. The second-order valence-corrected chi connectivity index (χ2v) is 9.71. The zero-order valence-corrected chi connectivity index (χ0v) is 19.9. The average molecular weight is 478 g/mol. The lowest BCUT2D eigenvalue weighted by molar-refractivity contribution is -0.125. The number of ketones is 1. The number of carbonyl (C=O) groups is 2. The third-order valence-corrected chi connectivity index (χ3v) is 6.56. The third kappa shape index (κ3) is 6.15. The van der Waals surface area contributed by atoms with Gasteiger partial charge in [-0.2, -0.15) is 0 Å². The van der Waals surface area contributed by atoms with Crippen molar-refractivity contribution in [3.8, 4) is 0 Å². The van der Waals surface area contributed by atoms with Crippen LogP contribution in [0, 0.1) is 17.6 Å². The Labute approximate surface area is 198 Å². The van der Waals surface area contributed by atoms with E-state index in [9.17, 15) is 18.4 Å². The summed E-state index contributed by atoms with van der Waals surface area (Å²) in [4.78, 5) is 29.5. The first-order valence-electron chi connectivity index (χ1n) is 11.2. The van der Waals surface area contributed by atoms with Crippen LogP contribution in [0.25, 0.3) is 0 Å². The van der Waals surface area contributed by atoms with Crippen molar-refractivity contribution in [1.82, 2.24) is 15.6 Å². The number of fused-ring (bicyclic) bond motifs is 2. The molecule has 1 aliphatic heterocycles. The quantitative estimate of drug-likeness (QED) is 0.462. The molecule has 0 saturated heterocycles. The highest BCUT2D eigenvalue weighted by Gasteiger charge is 2.26. The highest BCUT2D eigenvalue weighted by atomic mass is 35.5. The van der Waals surface area contributed by atoms with Crippen molar-refractivity contribution in [3.05, 3.63) is 63.9 Å². The predicted octanol–water partition coefficient (Wildman–Crippen LogP) is 5.13. The number of benzene rings is 1. The van der Waals surface area contributed by atoms with E-state index < -0.39 is 23.0 Å². The predicted molar refractivity (Wildman–Crippen MR) is 124 cm³/mol. The minimum Gasteiger partial charge on any atom is -0.355 e. The van der Waals surface area contributed by atoms with Crippen LogP contribution in [0.1, 0.15) is 74.1 Å². The number of aromatic nitrogens is 1. The van der Waals surface area contributed by atoms with Gasteiger partial charge in [0.05, 0.1) is 16.3 Å². The van der Waals surface area contributed by atoms with Crippen LogP contribution in [0.4, 0.5) is 8.78 Å². The molecule has 0 radical (unpaired) electrons. The van der Waals surface area contributed by atoms with Crippen LogP contribution in [0.2, 0.25) is 5.02 Å². The fraction of sp³-hybridized carbons (Fsp3) is 0.480. The number of nitrogens with zero attached hydrogens (tertiary/aromatic N) is 1. The van der Waals surface area contributed by atoms with E-state index in [-0.39, 0.29) is 41.3 Å². The number of hydrogen-bond donors (Lipinski definition) is 2. The molecule has 5 nitrogen and oxygen atoms in total. The van der Waals surface area contributed by atoms with E-state index in [4.69, 9.17) is 11.6 Å². The van der Waals surface area contributed by atoms with Gasteiger partial charge in [-0.1, -0.05) is 38.8 Å². The van der Waals surface area contributed by atoms with Crippen molar-refractivity contribution in [2.24, 2.45) is 5.92 Å². The van der Waals surface area contributed by atoms with E-state index >= 15 is 0 Å². The van der Waals surface area contributed by atoms with Crippen molar-refractivity contribution in [3.63, 3.8) is 0 Å². The van der Waals surface area contributed by atoms with Crippen molar-refractivity contribution in [2.75, 3.05) is 13.1 Å². The van der Waals surface area contributed by atoms with E-state index in [1.165, 1.54) is 0 Å². The zero-order chi connectivity index (χ0) is 24.2. The summed E-state index contributed by atoms with van der Waals surface area (Å²) in [5.41, 5.74) is 0.999. The maximum Gasteiger partial charge on any atom is 0.222 e. The number of halogens is 3. The fourth-order valence-corrected chi connectivity index (χ4v) is 4.18. The van der Waals surface area contributed by atoms with Crippen LogP contribution in [0.5, 0.6) is 0 Å². The zero-order valence-electron chi connectivity index (χ0n) is 19.2. The normalized spacial score (nSPS) is 21.0. The van der Waals surface area contributed by atoms with E-state index in [1.807, 2.05) is 19.1 Å². The van der Waals surface area contributed by atoms with E-state index in [1.54, 1.807) is 6.20 Å². The smallest absolute Gasteiger partial charge is 0.222 e. The number of amides is 1. The third-order valence-electron chi connectivity index (χ3n) is 6.27.